The van der Waals surface area contributed by atoms with Crippen molar-refractivity contribution in [2.24, 2.45) is 0 Å². The Hall–Kier alpha value is -3.56. The maximum absolute atomic E-state index is 12.9. The van der Waals surface area contributed by atoms with Gasteiger partial charge in [0.05, 0.1) is 5.39 Å². The Morgan fingerprint density at radius 3 is 2.48 bits per heavy atom. The van der Waals surface area contributed by atoms with Gasteiger partial charge in [-0.25, -0.2) is 4.68 Å². The first-order valence-corrected chi connectivity index (χ1v) is 11.0. The molecule has 0 bridgehead atoms. The maximum atomic E-state index is 12.9. The SMILES string of the molecule is CCCn1nc(C(=O)NNC(=O)[C@@]2(O)CCN(Cc3ccccc3)C2)c2ccccc2c1=O. The number of hydrazine groups is 1. The van der Waals surface area contributed by atoms with E-state index >= 15 is 0 Å². The molecule has 33 heavy (non-hydrogen) atoms. The maximum Gasteiger partial charge on any atom is 0.290 e. The number of fused-ring (bicyclic) bond motifs is 1. The predicted octanol–water partition coefficient (Wildman–Crippen LogP) is 1.20. The Morgan fingerprint density at radius 1 is 1.06 bits per heavy atom. The van der Waals surface area contributed by atoms with Crippen molar-refractivity contribution in [2.45, 2.75) is 38.5 Å². The van der Waals surface area contributed by atoms with E-state index in [9.17, 15) is 19.5 Å². The summed E-state index contributed by atoms with van der Waals surface area (Å²) < 4.78 is 1.25. The van der Waals surface area contributed by atoms with Crippen LogP contribution in [-0.4, -0.2) is 50.3 Å². The van der Waals surface area contributed by atoms with E-state index in [0.29, 0.717) is 36.8 Å². The average molecular weight is 450 g/mol. The van der Waals surface area contributed by atoms with Gasteiger partial charge in [0.2, 0.25) is 0 Å². The van der Waals surface area contributed by atoms with Crippen LogP contribution in [0, 0.1) is 0 Å². The van der Waals surface area contributed by atoms with Crippen molar-refractivity contribution in [3.05, 3.63) is 76.2 Å². The Kier molecular flexibility index (Phi) is 6.52. The number of hydrogen-bond donors (Lipinski definition) is 3. The Morgan fingerprint density at radius 2 is 1.76 bits per heavy atom. The highest BCUT2D eigenvalue weighted by molar-refractivity contribution is 6.05. The molecule has 3 N–H and O–H groups in total. The van der Waals surface area contributed by atoms with Gasteiger partial charge in [-0.1, -0.05) is 55.5 Å². The number of hydrogen-bond acceptors (Lipinski definition) is 6. The van der Waals surface area contributed by atoms with Crippen LogP contribution in [0.15, 0.2) is 59.4 Å². The number of aryl methyl sites for hydroxylation is 1. The molecule has 2 heterocycles. The number of carbonyl (C=O) groups excluding carboxylic acids is 2. The van der Waals surface area contributed by atoms with Crippen molar-refractivity contribution in [2.75, 3.05) is 13.1 Å². The van der Waals surface area contributed by atoms with E-state index in [0.717, 1.165) is 5.56 Å². The number of nitrogens with zero attached hydrogens (tertiary/aromatic N) is 3. The molecule has 1 atom stereocenters. The number of amides is 2. The zero-order valence-electron chi connectivity index (χ0n) is 18.5. The molecule has 0 aliphatic carbocycles. The molecule has 9 heteroatoms. The second-order valence-corrected chi connectivity index (χ2v) is 8.31. The molecule has 1 fully saturated rings. The zero-order chi connectivity index (χ0) is 23.4. The Bertz CT molecular complexity index is 1230. The summed E-state index contributed by atoms with van der Waals surface area (Å²) >= 11 is 0. The van der Waals surface area contributed by atoms with Crippen LogP contribution >= 0.6 is 0 Å². The van der Waals surface area contributed by atoms with Crippen molar-refractivity contribution in [3.8, 4) is 0 Å². The lowest BCUT2D eigenvalue weighted by atomic mass is 10.0. The van der Waals surface area contributed by atoms with E-state index in [1.807, 2.05) is 42.2 Å². The van der Waals surface area contributed by atoms with Crippen LogP contribution in [0.5, 0.6) is 0 Å². The van der Waals surface area contributed by atoms with Crippen LogP contribution in [0.2, 0.25) is 0 Å². The predicted molar refractivity (Wildman–Crippen MR) is 123 cm³/mol. The summed E-state index contributed by atoms with van der Waals surface area (Å²) in [7, 11) is 0. The van der Waals surface area contributed by atoms with Crippen LogP contribution in [0.3, 0.4) is 0 Å². The van der Waals surface area contributed by atoms with Crippen molar-refractivity contribution >= 4 is 22.6 Å². The van der Waals surface area contributed by atoms with E-state index in [-0.39, 0.29) is 24.2 Å². The van der Waals surface area contributed by atoms with Gasteiger partial charge in [0.15, 0.2) is 11.3 Å². The molecule has 0 saturated carbocycles. The van der Waals surface area contributed by atoms with E-state index in [4.69, 9.17) is 0 Å². The largest absolute Gasteiger partial charge is 0.379 e. The first kappa shape index (κ1) is 22.6. The Balaban J connectivity index is 1.45. The molecule has 0 radical (unpaired) electrons. The fourth-order valence-corrected chi connectivity index (χ4v) is 4.09. The second-order valence-electron chi connectivity index (χ2n) is 8.31. The van der Waals surface area contributed by atoms with Crippen molar-refractivity contribution in [1.82, 2.24) is 25.5 Å². The summed E-state index contributed by atoms with van der Waals surface area (Å²) in [5, 5.41) is 15.8. The highest BCUT2D eigenvalue weighted by atomic mass is 16.3. The number of β-amino-alcohol motifs (C(OH)–C–C–N with tert-alkyl or cyclic N) is 1. The van der Waals surface area contributed by atoms with Gasteiger partial charge in [0, 0.05) is 31.6 Å². The minimum atomic E-state index is -1.61. The molecule has 4 rings (SSSR count). The first-order valence-electron chi connectivity index (χ1n) is 11.0. The first-order chi connectivity index (χ1) is 15.9. The highest BCUT2D eigenvalue weighted by Crippen LogP contribution is 2.23. The van der Waals surface area contributed by atoms with Gasteiger partial charge in [-0.3, -0.25) is 30.1 Å². The smallest absolute Gasteiger partial charge is 0.290 e. The van der Waals surface area contributed by atoms with Gasteiger partial charge in [-0.05, 0) is 24.5 Å². The fraction of sp³-hybridized carbons (Fsp3) is 0.333. The lowest BCUT2D eigenvalue weighted by Gasteiger charge is -2.22. The van der Waals surface area contributed by atoms with E-state index in [1.54, 1.807) is 24.3 Å². The number of nitrogens with one attached hydrogen (secondary N) is 2. The van der Waals surface area contributed by atoms with Gasteiger partial charge in [-0.2, -0.15) is 5.10 Å². The molecule has 3 aromatic rings. The van der Waals surface area contributed by atoms with Gasteiger partial charge >= 0.3 is 0 Å². The minimum absolute atomic E-state index is 0.0306. The fourth-order valence-electron chi connectivity index (χ4n) is 4.09. The molecule has 0 unspecified atom stereocenters. The summed E-state index contributed by atoms with van der Waals surface area (Å²) in [6.07, 6.45) is 0.930. The molecule has 1 aromatic heterocycles. The summed E-state index contributed by atoms with van der Waals surface area (Å²) in [6, 6.07) is 16.5. The molecular weight excluding hydrogens is 422 g/mol. The quantitative estimate of drug-likeness (QED) is 0.487. The molecular formula is C24H27N5O4. The van der Waals surface area contributed by atoms with E-state index < -0.39 is 17.4 Å². The summed E-state index contributed by atoms with van der Waals surface area (Å²) in [4.78, 5) is 40.2. The molecule has 9 nitrogen and oxygen atoms in total. The number of aliphatic hydroxyl groups is 1. The minimum Gasteiger partial charge on any atom is -0.379 e. The molecule has 172 valence electrons. The lowest BCUT2D eigenvalue weighted by molar-refractivity contribution is -0.139. The zero-order valence-corrected chi connectivity index (χ0v) is 18.5. The summed E-state index contributed by atoms with van der Waals surface area (Å²) in [5.41, 5.74) is 3.93. The number of aromatic nitrogens is 2. The van der Waals surface area contributed by atoms with Gasteiger partial charge in [-0.15, -0.1) is 0 Å². The van der Waals surface area contributed by atoms with Crippen LogP contribution < -0.4 is 16.4 Å². The molecule has 1 aliphatic rings. The molecule has 1 saturated heterocycles. The topological polar surface area (TPSA) is 117 Å². The molecule has 0 spiro atoms. The van der Waals surface area contributed by atoms with Crippen molar-refractivity contribution in [1.29, 1.82) is 0 Å². The standard InChI is InChI=1S/C24H27N5O4/c1-2-13-29-22(31)19-11-7-6-10-18(19)20(27-29)21(30)25-26-23(32)24(33)12-14-28(16-24)15-17-8-4-3-5-9-17/h3-11,33H,2,12-16H2,1H3,(H,25,30)(H,26,32)/t24-/m1/s1. The molecule has 1 aliphatic heterocycles. The van der Waals surface area contributed by atoms with Crippen molar-refractivity contribution < 1.29 is 14.7 Å². The van der Waals surface area contributed by atoms with Crippen molar-refractivity contribution in [3.63, 3.8) is 0 Å². The van der Waals surface area contributed by atoms with Crippen LogP contribution in [0.1, 0.15) is 35.8 Å². The lowest BCUT2D eigenvalue weighted by Crippen LogP contribution is -2.54. The second kappa shape index (κ2) is 9.51. The third-order valence-electron chi connectivity index (χ3n) is 5.81. The van der Waals surface area contributed by atoms with Gasteiger partial charge < -0.3 is 5.11 Å². The monoisotopic (exact) mass is 449 g/mol. The third kappa shape index (κ3) is 4.79. The average Bonchev–Trinajstić information content (AvgIpc) is 3.21. The summed E-state index contributed by atoms with van der Waals surface area (Å²) in [6.45, 7) is 3.62. The number of likely N-dealkylation sites (tertiary alicyclic amines) is 1. The normalized spacial score (nSPS) is 18.4. The number of rotatable bonds is 6. The molecule has 2 amide bonds. The highest BCUT2D eigenvalue weighted by Gasteiger charge is 2.43. The van der Waals surface area contributed by atoms with E-state index in [1.165, 1.54) is 4.68 Å². The van der Waals surface area contributed by atoms with Crippen LogP contribution in [0.25, 0.3) is 10.8 Å². The number of benzene rings is 2. The van der Waals surface area contributed by atoms with Crippen LogP contribution in [-0.2, 0) is 17.9 Å². The summed E-state index contributed by atoms with van der Waals surface area (Å²) in [5.74, 6) is -1.34. The van der Waals surface area contributed by atoms with Gasteiger partial charge in [0.1, 0.15) is 0 Å². The van der Waals surface area contributed by atoms with Gasteiger partial charge in [0.25, 0.3) is 17.4 Å². The van der Waals surface area contributed by atoms with Crippen LogP contribution in [0.4, 0.5) is 0 Å². The molecule has 2 aromatic carbocycles. The van der Waals surface area contributed by atoms with E-state index in [2.05, 4.69) is 16.0 Å². The Labute approximate surface area is 191 Å². The third-order valence-corrected chi connectivity index (χ3v) is 5.81. The number of carbonyl (C=O) groups is 2.